The first-order valence-electron chi connectivity index (χ1n) is 12.0. The first-order chi connectivity index (χ1) is 18.1. The average molecular weight is 522 g/mol. The van der Waals surface area contributed by atoms with Gasteiger partial charge in [0.05, 0.1) is 24.5 Å². The summed E-state index contributed by atoms with van der Waals surface area (Å²) in [6.45, 7) is 5.61. The summed E-state index contributed by atoms with van der Waals surface area (Å²) in [5.41, 5.74) is 17.6. The predicted molar refractivity (Wildman–Crippen MR) is 160 cm³/mol. The first kappa shape index (κ1) is 29.9. The molecule has 0 aliphatic carbocycles. The third-order valence-electron chi connectivity index (χ3n) is 5.53. The summed E-state index contributed by atoms with van der Waals surface area (Å²) in [6, 6.07) is 14.5. The van der Waals surface area contributed by atoms with Crippen LogP contribution in [0.15, 0.2) is 82.0 Å². The maximum absolute atomic E-state index is 6.25. The number of aliphatic imine (C=N–C) groups is 2. The lowest BCUT2D eigenvalue weighted by molar-refractivity contribution is 0.173. The van der Waals surface area contributed by atoms with Crippen LogP contribution in [0.4, 0.5) is 5.69 Å². The van der Waals surface area contributed by atoms with Crippen LogP contribution in [0.1, 0.15) is 22.3 Å². The highest BCUT2D eigenvalue weighted by molar-refractivity contribution is 8.02. The molecule has 0 aliphatic rings. The molecule has 0 aliphatic heterocycles. The number of methoxy groups -OCH3 is 1. The molecule has 0 atom stereocenters. The van der Waals surface area contributed by atoms with Gasteiger partial charge in [-0.15, -0.1) is 11.8 Å². The lowest BCUT2D eigenvalue weighted by Gasteiger charge is -2.22. The quantitative estimate of drug-likeness (QED) is 0.151. The van der Waals surface area contributed by atoms with Crippen molar-refractivity contribution in [3.63, 3.8) is 0 Å². The number of nitrogens with two attached hydrogens (primary N) is 3. The standard InChI is InChI=1S/C28H39N7OS/c1-32-14-11-23-7-8-24(28(19-30)35(31)15-16-36-3)18-25(23)21-37-27(20-33-2)17-22-5-9-26(10-6-22)34-13-4-12-29/h4-10,12-13,18-20,32H,2,11,14-17,21,29-31H2,1,3H3/b12-4?,27-20-,28-19-,34-13?. The second-order valence-electron chi connectivity index (χ2n) is 8.15. The van der Waals surface area contributed by atoms with E-state index in [1.54, 1.807) is 42.4 Å². The van der Waals surface area contributed by atoms with Crippen LogP contribution in [0, 0.1) is 0 Å². The van der Waals surface area contributed by atoms with E-state index in [9.17, 15) is 0 Å². The molecule has 0 aromatic heterocycles. The van der Waals surface area contributed by atoms with Gasteiger partial charge in [-0.3, -0.25) is 9.98 Å². The van der Waals surface area contributed by atoms with Crippen molar-refractivity contribution >= 4 is 36.1 Å². The minimum atomic E-state index is 0.511. The maximum Gasteiger partial charge on any atom is 0.0745 e. The van der Waals surface area contributed by atoms with Crippen LogP contribution in [0.25, 0.3) is 5.70 Å². The zero-order chi connectivity index (χ0) is 26.9. The molecular formula is C28H39N7OS. The Labute approximate surface area is 225 Å². The van der Waals surface area contributed by atoms with E-state index in [0.717, 1.165) is 47.0 Å². The fraction of sp³-hybridized carbons (Fsp3) is 0.286. The molecule has 9 heteroatoms. The van der Waals surface area contributed by atoms with Gasteiger partial charge >= 0.3 is 0 Å². The van der Waals surface area contributed by atoms with Crippen LogP contribution in [0.3, 0.4) is 0 Å². The van der Waals surface area contributed by atoms with E-state index in [4.69, 9.17) is 22.0 Å². The molecule has 8 nitrogen and oxygen atoms in total. The SMILES string of the molecule is C=N/C=C(/Cc1ccc(N=CC=CN)cc1)SCc1cc(/C(=C/N)N(N)CCOC)ccc1CCNC. The molecule has 2 rings (SSSR count). The maximum atomic E-state index is 6.25. The smallest absolute Gasteiger partial charge is 0.0745 e. The Balaban J connectivity index is 2.21. The van der Waals surface area contributed by atoms with Gasteiger partial charge in [-0.25, -0.2) is 5.84 Å². The predicted octanol–water partition coefficient (Wildman–Crippen LogP) is 3.72. The number of benzene rings is 2. The second kappa shape index (κ2) is 17.1. The fourth-order valence-corrected chi connectivity index (χ4v) is 4.60. The van der Waals surface area contributed by atoms with Crippen molar-refractivity contribution in [1.82, 2.24) is 10.3 Å². The number of rotatable bonds is 16. The number of allylic oxidation sites excluding steroid dienone is 2. The molecule has 0 fully saturated rings. The molecule has 0 amide bonds. The van der Waals surface area contributed by atoms with Crippen molar-refractivity contribution in [2.75, 3.05) is 33.9 Å². The molecule has 7 N–H and O–H groups in total. The Hall–Kier alpha value is -3.37. The molecule has 0 unspecified atom stereocenters. The van der Waals surface area contributed by atoms with Crippen LogP contribution in [0.2, 0.25) is 0 Å². The summed E-state index contributed by atoms with van der Waals surface area (Å²) in [5, 5.41) is 4.86. The summed E-state index contributed by atoms with van der Waals surface area (Å²) in [7, 11) is 3.61. The Morgan fingerprint density at radius 2 is 1.95 bits per heavy atom. The van der Waals surface area contributed by atoms with E-state index in [0.29, 0.717) is 13.2 Å². The zero-order valence-electron chi connectivity index (χ0n) is 21.8. The number of hydrogen-bond donors (Lipinski definition) is 4. The van der Waals surface area contributed by atoms with E-state index >= 15 is 0 Å². The number of hydrogen-bond acceptors (Lipinski definition) is 9. The van der Waals surface area contributed by atoms with Crippen LogP contribution in [0.5, 0.6) is 0 Å². The van der Waals surface area contributed by atoms with E-state index < -0.39 is 0 Å². The van der Waals surface area contributed by atoms with Gasteiger partial charge in [0.15, 0.2) is 0 Å². The molecule has 0 spiro atoms. The minimum absolute atomic E-state index is 0.511. The average Bonchev–Trinajstić information content (AvgIpc) is 2.91. The minimum Gasteiger partial charge on any atom is -0.405 e. The molecular weight excluding hydrogens is 482 g/mol. The number of nitrogens with one attached hydrogen (secondary N) is 1. The van der Waals surface area contributed by atoms with Gasteiger partial charge in [0.25, 0.3) is 0 Å². The second-order valence-corrected chi connectivity index (χ2v) is 9.25. The molecule has 2 aromatic rings. The van der Waals surface area contributed by atoms with Crippen LogP contribution >= 0.6 is 11.8 Å². The lowest BCUT2D eigenvalue weighted by atomic mass is 10.0. The molecule has 198 valence electrons. The van der Waals surface area contributed by atoms with Crippen molar-refractivity contribution in [3.05, 3.63) is 94.3 Å². The number of thioether (sulfide) groups is 1. The Morgan fingerprint density at radius 3 is 2.59 bits per heavy atom. The first-order valence-corrected chi connectivity index (χ1v) is 13.0. The normalized spacial score (nSPS) is 12.5. The third-order valence-corrected chi connectivity index (χ3v) is 6.61. The molecule has 2 aromatic carbocycles. The number of hydrazine groups is 1. The van der Waals surface area contributed by atoms with Gasteiger partial charge in [0.1, 0.15) is 0 Å². The van der Waals surface area contributed by atoms with Crippen molar-refractivity contribution in [3.8, 4) is 0 Å². The van der Waals surface area contributed by atoms with E-state index in [-0.39, 0.29) is 0 Å². The van der Waals surface area contributed by atoms with Crippen molar-refractivity contribution in [2.24, 2.45) is 27.3 Å². The summed E-state index contributed by atoms with van der Waals surface area (Å²) < 4.78 is 5.16. The van der Waals surface area contributed by atoms with E-state index in [2.05, 4.69) is 52.4 Å². The molecule has 0 saturated carbocycles. The van der Waals surface area contributed by atoms with E-state index in [1.807, 2.05) is 25.4 Å². The van der Waals surface area contributed by atoms with Gasteiger partial charge in [0.2, 0.25) is 0 Å². The topological polar surface area (TPSA) is 127 Å². The van der Waals surface area contributed by atoms with Crippen LogP contribution < -0.4 is 22.6 Å². The summed E-state index contributed by atoms with van der Waals surface area (Å²) in [5.74, 6) is 7.03. The van der Waals surface area contributed by atoms with Gasteiger partial charge in [-0.1, -0.05) is 24.3 Å². The highest BCUT2D eigenvalue weighted by atomic mass is 32.2. The van der Waals surface area contributed by atoms with E-state index in [1.165, 1.54) is 22.9 Å². The lowest BCUT2D eigenvalue weighted by Crippen LogP contribution is -2.33. The van der Waals surface area contributed by atoms with Gasteiger partial charge < -0.3 is 26.5 Å². The Kier molecular flexibility index (Phi) is 13.8. The molecule has 37 heavy (non-hydrogen) atoms. The number of ether oxygens (including phenoxy) is 1. The van der Waals surface area contributed by atoms with Gasteiger partial charge in [0, 0.05) is 48.4 Å². The van der Waals surface area contributed by atoms with Crippen molar-refractivity contribution in [1.29, 1.82) is 0 Å². The Morgan fingerprint density at radius 1 is 1.16 bits per heavy atom. The number of nitrogens with zero attached hydrogens (tertiary/aromatic N) is 3. The van der Waals surface area contributed by atoms with Crippen molar-refractivity contribution < 1.29 is 4.74 Å². The van der Waals surface area contributed by atoms with Crippen LogP contribution in [-0.4, -0.2) is 51.8 Å². The molecule has 0 bridgehead atoms. The molecule has 0 radical (unpaired) electrons. The zero-order valence-corrected chi connectivity index (χ0v) is 22.6. The van der Waals surface area contributed by atoms with Gasteiger partial charge in [-0.2, -0.15) is 0 Å². The highest BCUT2D eigenvalue weighted by Crippen LogP contribution is 2.29. The van der Waals surface area contributed by atoms with Crippen LogP contribution in [-0.2, 0) is 23.3 Å². The Bertz CT molecular complexity index is 1090. The third kappa shape index (κ3) is 10.3. The largest absolute Gasteiger partial charge is 0.405 e. The fourth-order valence-electron chi connectivity index (χ4n) is 3.58. The summed E-state index contributed by atoms with van der Waals surface area (Å²) in [6.07, 6.45) is 9.87. The molecule has 0 saturated heterocycles. The summed E-state index contributed by atoms with van der Waals surface area (Å²) in [4.78, 5) is 9.51. The number of likely N-dealkylation sites (N-methyl/N-ethyl adjacent to an activating group) is 1. The van der Waals surface area contributed by atoms with Crippen molar-refractivity contribution in [2.45, 2.75) is 18.6 Å². The van der Waals surface area contributed by atoms with Gasteiger partial charge in [-0.05, 0) is 73.9 Å². The summed E-state index contributed by atoms with van der Waals surface area (Å²) >= 11 is 1.75. The monoisotopic (exact) mass is 521 g/mol. The molecule has 0 heterocycles. The highest BCUT2D eigenvalue weighted by Gasteiger charge is 2.12.